The first kappa shape index (κ1) is 19.3. The number of carbonyl (C=O) groups excluding carboxylic acids is 1. The van der Waals surface area contributed by atoms with E-state index in [1.165, 1.54) is 23.1 Å². The summed E-state index contributed by atoms with van der Waals surface area (Å²) in [5.41, 5.74) is 4.23. The number of carbonyl (C=O) groups is 1. The van der Waals surface area contributed by atoms with Gasteiger partial charge >= 0.3 is 0 Å². The summed E-state index contributed by atoms with van der Waals surface area (Å²) in [4.78, 5) is 15.8. The molecule has 0 bridgehead atoms. The van der Waals surface area contributed by atoms with Crippen LogP contribution in [-0.4, -0.2) is 37.0 Å². The molecular weight excluding hydrogens is 424 g/mol. The van der Waals surface area contributed by atoms with E-state index >= 15 is 0 Å². The highest BCUT2D eigenvalue weighted by molar-refractivity contribution is 9.10. The third-order valence-electron chi connectivity index (χ3n) is 7.50. The number of amides is 1. The van der Waals surface area contributed by atoms with Crippen LogP contribution >= 0.6 is 15.9 Å². The minimum absolute atomic E-state index is 0.0261. The summed E-state index contributed by atoms with van der Waals surface area (Å²) >= 11 is 3.63. The fourth-order valence-corrected chi connectivity index (χ4v) is 6.40. The van der Waals surface area contributed by atoms with Crippen molar-refractivity contribution < 1.29 is 4.79 Å². The van der Waals surface area contributed by atoms with Gasteiger partial charge in [0.15, 0.2) is 0 Å². The predicted octanol–water partition coefficient (Wildman–Crippen LogP) is 4.65. The number of benzene rings is 2. The molecule has 2 aromatic rings. The molecule has 0 saturated carbocycles. The zero-order valence-corrected chi connectivity index (χ0v) is 18.5. The van der Waals surface area contributed by atoms with Crippen molar-refractivity contribution in [1.82, 2.24) is 10.2 Å². The zero-order valence-electron chi connectivity index (χ0n) is 16.9. The van der Waals surface area contributed by atoms with Crippen LogP contribution < -0.4 is 5.32 Å². The number of likely N-dealkylation sites (tertiary alicyclic amines) is 1. The van der Waals surface area contributed by atoms with Gasteiger partial charge in [-0.15, -0.1) is 0 Å². The van der Waals surface area contributed by atoms with E-state index in [0.717, 1.165) is 56.3 Å². The summed E-state index contributed by atoms with van der Waals surface area (Å²) < 4.78 is 1.14. The topological polar surface area (TPSA) is 32.3 Å². The van der Waals surface area contributed by atoms with E-state index in [-0.39, 0.29) is 11.3 Å². The molecule has 2 saturated heterocycles. The standard InChI is InChI=1S/C25H29BrN2O/c26-21-8-9-22-20(15-21)7-4-12-25(22)17-27-16-23(25)24(29)28-13-10-19(11-14-28)18-5-2-1-3-6-18/h1-3,5-6,8-9,15,19,23,27H,4,7,10-14,16-17H2. The van der Waals surface area contributed by atoms with Gasteiger partial charge in [-0.2, -0.15) is 0 Å². The summed E-state index contributed by atoms with van der Waals surface area (Å²) in [7, 11) is 0. The van der Waals surface area contributed by atoms with Crippen molar-refractivity contribution in [3.63, 3.8) is 0 Å². The molecule has 2 aromatic carbocycles. The molecular formula is C25H29BrN2O. The van der Waals surface area contributed by atoms with Crippen LogP contribution in [0.25, 0.3) is 0 Å². The van der Waals surface area contributed by atoms with E-state index in [1.807, 2.05) is 0 Å². The Kier molecular flexibility index (Phi) is 5.25. The quantitative estimate of drug-likeness (QED) is 0.718. The lowest BCUT2D eigenvalue weighted by atomic mass is 9.64. The predicted molar refractivity (Wildman–Crippen MR) is 120 cm³/mol. The van der Waals surface area contributed by atoms with Gasteiger partial charge in [0, 0.05) is 36.1 Å². The van der Waals surface area contributed by atoms with E-state index in [2.05, 4.69) is 74.7 Å². The molecule has 152 valence electrons. The van der Waals surface area contributed by atoms with Gasteiger partial charge in [-0.05, 0) is 66.8 Å². The Labute approximate surface area is 182 Å². The maximum absolute atomic E-state index is 13.7. The first-order valence-electron chi connectivity index (χ1n) is 11.0. The summed E-state index contributed by atoms with van der Waals surface area (Å²) in [5, 5.41) is 3.58. The van der Waals surface area contributed by atoms with Crippen LogP contribution in [0, 0.1) is 5.92 Å². The van der Waals surface area contributed by atoms with Crippen LogP contribution in [0.2, 0.25) is 0 Å². The summed E-state index contributed by atoms with van der Waals surface area (Å²) in [6.45, 7) is 3.52. The van der Waals surface area contributed by atoms with Crippen LogP contribution in [0.3, 0.4) is 0 Å². The van der Waals surface area contributed by atoms with Gasteiger partial charge < -0.3 is 10.2 Å². The van der Waals surface area contributed by atoms with Gasteiger partial charge in [-0.1, -0.05) is 52.3 Å². The van der Waals surface area contributed by atoms with Crippen molar-refractivity contribution >= 4 is 21.8 Å². The number of aryl methyl sites for hydroxylation is 1. The number of fused-ring (bicyclic) bond motifs is 2. The van der Waals surface area contributed by atoms with E-state index in [9.17, 15) is 4.79 Å². The van der Waals surface area contributed by atoms with Gasteiger partial charge in [0.2, 0.25) is 5.91 Å². The fraction of sp³-hybridized carbons (Fsp3) is 0.480. The summed E-state index contributed by atoms with van der Waals surface area (Å²) in [6.07, 6.45) is 5.56. The molecule has 5 rings (SSSR count). The van der Waals surface area contributed by atoms with E-state index in [4.69, 9.17) is 0 Å². The first-order valence-corrected chi connectivity index (χ1v) is 11.8. The molecule has 2 aliphatic heterocycles. The minimum Gasteiger partial charge on any atom is -0.342 e. The second kappa shape index (κ2) is 7.88. The average Bonchev–Trinajstić information content (AvgIpc) is 3.18. The Morgan fingerprint density at radius 1 is 1.10 bits per heavy atom. The molecule has 0 radical (unpaired) electrons. The zero-order chi connectivity index (χ0) is 19.8. The summed E-state index contributed by atoms with van der Waals surface area (Å²) in [6, 6.07) is 17.5. The number of halogens is 1. The maximum atomic E-state index is 13.7. The molecule has 2 atom stereocenters. The van der Waals surface area contributed by atoms with Crippen LogP contribution in [-0.2, 0) is 16.6 Å². The van der Waals surface area contributed by atoms with E-state index in [1.54, 1.807) is 0 Å². The van der Waals surface area contributed by atoms with E-state index in [0.29, 0.717) is 11.8 Å². The Hall–Kier alpha value is -1.65. The van der Waals surface area contributed by atoms with E-state index < -0.39 is 0 Å². The van der Waals surface area contributed by atoms with Crippen molar-refractivity contribution in [1.29, 1.82) is 0 Å². The number of nitrogens with zero attached hydrogens (tertiary/aromatic N) is 1. The number of piperidine rings is 1. The van der Waals surface area contributed by atoms with Gasteiger partial charge in [-0.3, -0.25) is 4.79 Å². The van der Waals surface area contributed by atoms with Crippen molar-refractivity contribution in [3.8, 4) is 0 Å². The monoisotopic (exact) mass is 452 g/mol. The van der Waals surface area contributed by atoms with Crippen molar-refractivity contribution in [2.75, 3.05) is 26.2 Å². The van der Waals surface area contributed by atoms with Gasteiger partial charge in [0.1, 0.15) is 0 Å². The Balaban J connectivity index is 1.35. The number of rotatable bonds is 2. The molecule has 3 nitrogen and oxygen atoms in total. The van der Waals surface area contributed by atoms with Crippen molar-refractivity contribution in [3.05, 3.63) is 69.7 Å². The highest BCUT2D eigenvalue weighted by atomic mass is 79.9. The number of nitrogens with one attached hydrogen (secondary N) is 1. The van der Waals surface area contributed by atoms with Gasteiger partial charge in [0.05, 0.1) is 5.92 Å². The maximum Gasteiger partial charge on any atom is 0.227 e. The third-order valence-corrected chi connectivity index (χ3v) is 8.00. The SMILES string of the molecule is O=C(C1CNCC12CCCc1cc(Br)ccc12)N1CCC(c2ccccc2)CC1. The average molecular weight is 453 g/mol. The normalized spacial score (nSPS) is 27.2. The lowest BCUT2D eigenvalue weighted by molar-refractivity contribution is -0.138. The Morgan fingerprint density at radius 2 is 1.90 bits per heavy atom. The highest BCUT2D eigenvalue weighted by Gasteiger charge is 2.51. The van der Waals surface area contributed by atoms with Crippen molar-refractivity contribution in [2.45, 2.75) is 43.4 Å². The molecule has 2 unspecified atom stereocenters. The Bertz CT molecular complexity index is 891. The van der Waals surface area contributed by atoms with Crippen molar-refractivity contribution in [2.24, 2.45) is 5.92 Å². The van der Waals surface area contributed by atoms with Gasteiger partial charge in [0.25, 0.3) is 0 Å². The second-order valence-electron chi connectivity index (χ2n) is 9.00. The molecule has 1 amide bonds. The lowest BCUT2D eigenvalue weighted by Gasteiger charge is -2.42. The number of hydrogen-bond donors (Lipinski definition) is 1. The molecule has 29 heavy (non-hydrogen) atoms. The smallest absolute Gasteiger partial charge is 0.227 e. The molecule has 2 fully saturated rings. The van der Waals surface area contributed by atoms with Crippen LogP contribution in [0.5, 0.6) is 0 Å². The molecule has 0 aromatic heterocycles. The van der Waals surface area contributed by atoms with Crippen LogP contribution in [0.1, 0.15) is 48.3 Å². The Morgan fingerprint density at radius 3 is 2.69 bits per heavy atom. The largest absolute Gasteiger partial charge is 0.342 e. The molecule has 4 heteroatoms. The molecule has 3 aliphatic rings. The molecule has 1 N–H and O–H groups in total. The molecule has 2 heterocycles. The number of hydrogen-bond acceptors (Lipinski definition) is 2. The lowest BCUT2D eigenvalue weighted by Crippen LogP contribution is -2.49. The molecule has 1 spiro atoms. The van der Waals surface area contributed by atoms with Crippen LogP contribution in [0.15, 0.2) is 53.0 Å². The molecule has 1 aliphatic carbocycles. The first-order chi connectivity index (χ1) is 14.2. The minimum atomic E-state index is -0.0261. The second-order valence-corrected chi connectivity index (χ2v) is 9.92. The summed E-state index contributed by atoms with van der Waals surface area (Å²) in [5.74, 6) is 1.02. The highest BCUT2D eigenvalue weighted by Crippen LogP contribution is 2.46. The third kappa shape index (κ3) is 3.44. The van der Waals surface area contributed by atoms with Crippen LogP contribution in [0.4, 0.5) is 0 Å². The van der Waals surface area contributed by atoms with Gasteiger partial charge in [-0.25, -0.2) is 0 Å². The fourth-order valence-electron chi connectivity index (χ4n) is 5.99.